The molecule has 0 spiro atoms. The molecule has 0 fully saturated rings. The Morgan fingerprint density at radius 1 is 1.17 bits per heavy atom. The van der Waals surface area contributed by atoms with E-state index in [1.807, 2.05) is 38.6 Å². The largest absolute Gasteiger partial charge is 0.354 e. The van der Waals surface area contributed by atoms with E-state index in [0.717, 1.165) is 17.8 Å². The molecule has 1 aromatic carbocycles. The summed E-state index contributed by atoms with van der Waals surface area (Å²) in [5.74, 6) is 0.659. The van der Waals surface area contributed by atoms with E-state index >= 15 is 0 Å². The highest BCUT2D eigenvalue weighted by Crippen LogP contribution is 2.15. The van der Waals surface area contributed by atoms with Crippen molar-refractivity contribution in [2.24, 2.45) is 12.0 Å². The van der Waals surface area contributed by atoms with Gasteiger partial charge in [0.2, 0.25) is 0 Å². The molecule has 2 unspecified atom stereocenters. The molecule has 0 amide bonds. The fraction of sp³-hybridized carbons (Fsp3) is 0.545. The highest BCUT2D eigenvalue weighted by molar-refractivity contribution is 7.91. The first-order valence-corrected chi connectivity index (χ1v) is 12.2. The predicted octanol–water partition coefficient (Wildman–Crippen LogP) is 2.78. The Kier molecular flexibility index (Phi) is 8.46. The average molecular weight is 434 g/mol. The van der Waals surface area contributed by atoms with Crippen molar-refractivity contribution >= 4 is 15.8 Å². The Labute approximate surface area is 180 Å². The molecular weight excluding hydrogens is 398 g/mol. The first kappa shape index (κ1) is 23.9. The van der Waals surface area contributed by atoms with Crippen LogP contribution in [0.4, 0.5) is 0 Å². The van der Waals surface area contributed by atoms with Crippen LogP contribution in [-0.4, -0.2) is 48.5 Å². The molecule has 0 radical (unpaired) electrons. The normalized spacial score (nSPS) is 14.4. The second-order valence-electron chi connectivity index (χ2n) is 7.69. The third kappa shape index (κ3) is 6.32. The summed E-state index contributed by atoms with van der Waals surface area (Å²) in [5, 5.41) is 11.2. The second kappa shape index (κ2) is 10.6. The molecule has 0 aliphatic rings. The summed E-state index contributed by atoms with van der Waals surface area (Å²) in [7, 11) is -1.42. The van der Waals surface area contributed by atoms with E-state index in [-0.39, 0.29) is 17.8 Å². The molecule has 166 valence electrons. The van der Waals surface area contributed by atoms with Crippen molar-refractivity contribution in [3.05, 3.63) is 47.3 Å². The van der Waals surface area contributed by atoms with Crippen molar-refractivity contribution in [1.82, 2.24) is 20.4 Å². The van der Waals surface area contributed by atoms with Gasteiger partial charge in [0.05, 0.1) is 16.3 Å². The van der Waals surface area contributed by atoms with E-state index in [1.54, 1.807) is 24.3 Å². The van der Waals surface area contributed by atoms with Gasteiger partial charge in [-0.25, -0.2) is 8.42 Å². The van der Waals surface area contributed by atoms with Gasteiger partial charge in [-0.05, 0) is 58.2 Å². The monoisotopic (exact) mass is 433 g/mol. The van der Waals surface area contributed by atoms with Crippen molar-refractivity contribution in [3.63, 3.8) is 0 Å². The van der Waals surface area contributed by atoms with E-state index in [9.17, 15) is 8.42 Å². The summed E-state index contributed by atoms with van der Waals surface area (Å²) in [4.78, 5) is 4.88. The summed E-state index contributed by atoms with van der Waals surface area (Å²) >= 11 is 0. The van der Waals surface area contributed by atoms with Gasteiger partial charge in [0, 0.05) is 31.4 Å². The van der Waals surface area contributed by atoms with Crippen molar-refractivity contribution in [1.29, 1.82) is 0 Å². The second-order valence-corrected chi connectivity index (χ2v) is 9.72. The van der Waals surface area contributed by atoms with E-state index in [1.165, 1.54) is 5.56 Å². The molecule has 0 aliphatic carbocycles. The Hall–Kier alpha value is -2.35. The van der Waals surface area contributed by atoms with Crippen LogP contribution in [-0.2, 0) is 23.3 Å². The number of benzene rings is 1. The highest BCUT2D eigenvalue weighted by atomic mass is 32.2. The Morgan fingerprint density at radius 3 is 2.37 bits per heavy atom. The summed E-state index contributed by atoms with van der Waals surface area (Å²) < 4.78 is 27.4. The third-order valence-corrected chi connectivity index (χ3v) is 7.06. The fourth-order valence-electron chi connectivity index (χ4n) is 3.44. The number of aliphatic imine (C=N–C) groups is 1. The number of hydrogen-bond acceptors (Lipinski definition) is 4. The van der Waals surface area contributed by atoms with Crippen LogP contribution >= 0.6 is 0 Å². The lowest BCUT2D eigenvalue weighted by atomic mass is 10.1. The lowest BCUT2D eigenvalue weighted by Crippen LogP contribution is -2.49. The van der Waals surface area contributed by atoms with Gasteiger partial charge in [0.25, 0.3) is 0 Å². The van der Waals surface area contributed by atoms with Crippen LogP contribution in [0.1, 0.15) is 44.1 Å². The predicted molar refractivity (Wildman–Crippen MR) is 123 cm³/mol. The molecule has 2 N–H and O–H groups in total. The zero-order valence-corrected chi connectivity index (χ0v) is 19.8. The molecule has 0 saturated heterocycles. The minimum absolute atomic E-state index is 0.0210. The van der Waals surface area contributed by atoms with Crippen molar-refractivity contribution in [3.8, 4) is 0 Å². The van der Waals surface area contributed by atoms with Crippen molar-refractivity contribution < 1.29 is 8.42 Å². The highest BCUT2D eigenvalue weighted by Gasteiger charge is 2.22. The zero-order valence-electron chi connectivity index (χ0n) is 18.9. The smallest absolute Gasteiger partial charge is 0.191 e. The molecular formula is C22H35N5O2S. The lowest BCUT2D eigenvalue weighted by Gasteiger charge is -2.23. The third-order valence-electron chi connectivity index (χ3n) is 5.23. The van der Waals surface area contributed by atoms with E-state index in [0.29, 0.717) is 23.8 Å². The number of nitrogens with zero attached hydrogens (tertiary/aromatic N) is 3. The first-order valence-electron chi connectivity index (χ1n) is 10.5. The number of sulfone groups is 1. The maximum absolute atomic E-state index is 12.8. The molecule has 30 heavy (non-hydrogen) atoms. The van der Waals surface area contributed by atoms with Crippen LogP contribution in [0.3, 0.4) is 0 Å². The van der Waals surface area contributed by atoms with Crippen LogP contribution in [0.15, 0.2) is 40.2 Å². The van der Waals surface area contributed by atoms with Crippen LogP contribution in [0.5, 0.6) is 0 Å². The molecule has 0 bridgehead atoms. The maximum Gasteiger partial charge on any atom is 0.191 e. The summed E-state index contributed by atoms with van der Waals surface area (Å²) in [6, 6.07) is 8.48. The zero-order chi connectivity index (χ0) is 22.3. The van der Waals surface area contributed by atoms with Gasteiger partial charge < -0.3 is 10.6 Å². The number of hydrogen-bond donors (Lipinski definition) is 2. The molecule has 8 heteroatoms. The molecule has 2 aromatic rings. The lowest BCUT2D eigenvalue weighted by molar-refractivity contribution is 0.561. The summed E-state index contributed by atoms with van der Waals surface area (Å²) in [5.41, 5.74) is 3.42. The van der Waals surface area contributed by atoms with Gasteiger partial charge in [-0.1, -0.05) is 25.1 Å². The standard InChI is InChI=1S/C22H35N5O2S/c1-7-19(15-30(28,29)20-12-10-9-11-13-20)25-22(23-8-2)24-16(3)14-21-17(4)26-27(6)18(21)5/h9-13,16,19H,7-8,14-15H2,1-6H3,(H2,23,24,25). The quantitative estimate of drug-likeness (QED) is 0.469. The van der Waals surface area contributed by atoms with Gasteiger partial charge in [0.1, 0.15) is 0 Å². The summed E-state index contributed by atoms with van der Waals surface area (Å²) in [6.45, 7) is 10.7. The van der Waals surface area contributed by atoms with Crippen molar-refractivity contribution in [2.75, 3.05) is 12.3 Å². The van der Waals surface area contributed by atoms with Gasteiger partial charge in [-0.3, -0.25) is 9.67 Å². The Bertz CT molecular complexity index is 951. The number of aryl methyl sites for hydroxylation is 2. The van der Waals surface area contributed by atoms with Crippen molar-refractivity contribution in [2.45, 2.75) is 64.4 Å². The molecule has 7 nitrogen and oxygen atoms in total. The molecule has 0 aliphatic heterocycles. The minimum atomic E-state index is -3.37. The molecule has 1 aromatic heterocycles. The van der Waals surface area contributed by atoms with E-state index in [4.69, 9.17) is 0 Å². The van der Waals surface area contributed by atoms with Gasteiger partial charge >= 0.3 is 0 Å². The first-order chi connectivity index (χ1) is 14.2. The SMILES string of the molecule is CCN=C(NC(C)Cc1c(C)nn(C)c1C)NC(CC)CS(=O)(=O)c1ccccc1. The topological polar surface area (TPSA) is 88.4 Å². The summed E-state index contributed by atoms with van der Waals surface area (Å²) in [6.07, 6.45) is 1.49. The number of guanidine groups is 1. The van der Waals surface area contributed by atoms with Gasteiger partial charge in [0.15, 0.2) is 15.8 Å². The van der Waals surface area contributed by atoms with Crippen LogP contribution in [0, 0.1) is 13.8 Å². The Balaban J connectivity index is 2.07. The van der Waals surface area contributed by atoms with Crippen LogP contribution in [0.25, 0.3) is 0 Å². The minimum Gasteiger partial charge on any atom is -0.354 e. The number of rotatable bonds is 9. The van der Waals surface area contributed by atoms with E-state index in [2.05, 4.69) is 34.6 Å². The van der Waals surface area contributed by atoms with Gasteiger partial charge in [-0.15, -0.1) is 0 Å². The maximum atomic E-state index is 12.8. The van der Waals surface area contributed by atoms with Gasteiger partial charge in [-0.2, -0.15) is 5.10 Å². The number of aromatic nitrogens is 2. The fourth-order valence-corrected chi connectivity index (χ4v) is 5.05. The molecule has 2 rings (SSSR count). The Morgan fingerprint density at radius 2 is 1.83 bits per heavy atom. The number of nitrogens with one attached hydrogen (secondary N) is 2. The molecule has 2 atom stereocenters. The molecule has 1 heterocycles. The molecule has 0 saturated carbocycles. The van der Waals surface area contributed by atoms with Crippen LogP contribution in [0.2, 0.25) is 0 Å². The van der Waals surface area contributed by atoms with E-state index < -0.39 is 9.84 Å². The average Bonchev–Trinajstić information content (AvgIpc) is 2.94. The van der Waals surface area contributed by atoms with Crippen LogP contribution < -0.4 is 10.6 Å².